The first-order valence-corrected chi connectivity index (χ1v) is 13.1. The van der Waals surface area contributed by atoms with Gasteiger partial charge in [0, 0.05) is 24.8 Å². The van der Waals surface area contributed by atoms with E-state index in [1.54, 1.807) is 12.4 Å². The molecule has 0 N–H and O–H groups in total. The second-order valence-corrected chi connectivity index (χ2v) is 9.40. The van der Waals surface area contributed by atoms with Crippen molar-refractivity contribution in [1.29, 1.82) is 0 Å². The van der Waals surface area contributed by atoms with Gasteiger partial charge in [-0.3, -0.25) is 9.97 Å². The van der Waals surface area contributed by atoms with E-state index in [9.17, 15) is 0 Å². The van der Waals surface area contributed by atoms with Gasteiger partial charge in [-0.2, -0.15) is 10.2 Å². The van der Waals surface area contributed by atoms with Gasteiger partial charge < -0.3 is 0 Å². The van der Waals surface area contributed by atoms with E-state index in [0.717, 1.165) is 56.4 Å². The lowest BCUT2D eigenvalue weighted by Gasteiger charge is -2.09. The molecule has 7 aromatic rings. The topological polar surface area (TPSA) is 61.4 Å². The van der Waals surface area contributed by atoms with Crippen molar-refractivity contribution in [1.82, 2.24) is 29.5 Å². The number of hydrogen-bond acceptors (Lipinski definition) is 4. The first-order valence-electron chi connectivity index (χ1n) is 13.1. The van der Waals surface area contributed by atoms with Crippen LogP contribution in [0.2, 0.25) is 0 Å². The predicted molar refractivity (Wildman–Crippen MR) is 158 cm³/mol. The molecule has 6 heteroatoms. The highest BCUT2D eigenvalue weighted by Gasteiger charge is 2.08. The summed E-state index contributed by atoms with van der Waals surface area (Å²) in [6, 6.07) is 41.1. The summed E-state index contributed by atoms with van der Waals surface area (Å²) < 4.78 is 3.78. The first-order chi connectivity index (χ1) is 19.8. The SMILES string of the molecule is c1ccc(-c2ccn(-c3cccc(-c4ccc(-c5cccc(-n6ccc(-c7ccccn7)n6)c5)cc4)c3)n2)nc1. The third-order valence-electron chi connectivity index (χ3n) is 6.81. The monoisotopic (exact) mass is 516 g/mol. The number of rotatable bonds is 6. The van der Waals surface area contributed by atoms with Gasteiger partial charge in [-0.05, 0) is 82.9 Å². The fourth-order valence-corrected chi connectivity index (χ4v) is 4.75. The van der Waals surface area contributed by atoms with Crippen LogP contribution in [-0.2, 0) is 0 Å². The summed E-state index contributed by atoms with van der Waals surface area (Å²) in [5.74, 6) is 0. The first kappa shape index (κ1) is 23.5. The van der Waals surface area contributed by atoms with Crippen LogP contribution >= 0.6 is 0 Å². The number of pyridine rings is 2. The van der Waals surface area contributed by atoms with Crippen molar-refractivity contribution < 1.29 is 0 Å². The zero-order chi connectivity index (χ0) is 26.7. The molecule has 7 rings (SSSR count). The molecule has 3 aromatic carbocycles. The van der Waals surface area contributed by atoms with Gasteiger partial charge in [0.05, 0.1) is 22.8 Å². The summed E-state index contributed by atoms with van der Waals surface area (Å²) in [5.41, 5.74) is 9.97. The largest absolute Gasteiger partial charge is 0.255 e. The van der Waals surface area contributed by atoms with E-state index >= 15 is 0 Å². The standard InChI is InChI=1S/C34H24N6/c1-3-19-35-31(11-1)33-17-21-39(37-33)29-9-5-7-27(23-29)25-13-15-26(16-14-25)28-8-6-10-30(24-28)40-22-18-34(38-40)32-12-2-4-20-36-32/h1-24H. The molecule has 0 atom stereocenters. The maximum Gasteiger partial charge on any atom is 0.111 e. The average molecular weight is 517 g/mol. The highest BCUT2D eigenvalue weighted by Crippen LogP contribution is 2.28. The minimum atomic E-state index is 0.848. The molecule has 0 saturated carbocycles. The Labute approximate surface area is 231 Å². The Morgan fingerprint density at radius 3 is 1.27 bits per heavy atom. The van der Waals surface area contributed by atoms with Gasteiger partial charge in [0.1, 0.15) is 11.4 Å². The molecule has 0 spiro atoms. The van der Waals surface area contributed by atoms with Crippen LogP contribution in [0.25, 0.3) is 56.4 Å². The van der Waals surface area contributed by atoms with E-state index in [1.807, 2.05) is 70.3 Å². The van der Waals surface area contributed by atoms with Crippen molar-refractivity contribution >= 4 is 0 Å². The van der Waals surface area contributed by atoms with Gasteiger partial charge >= 0.3 is 0 Å². The van der Waals surface area contributed by atoms with Crippen LogP contribution in [0.15, 0.2) is 146 Å². The Hall–Kier alpha value is -5.62. The van der Waals surface area contributed by atoms with Gasteiger partial charge in [-0.15, -0.1) is 0 Å². The molecule has 40 heavy (non-hydrogen) atoms. The van der Waals surface area contributed by atoms with Crippen molar-refractivity contribution in [3.05, 3.63) is 146 Å². The summed E-state index contributed by atoms with van der Waals surface area (Å²) in [6.45, 7) is 0. The molecule has 0 bridgehead atoms. The second-order valence-electron chi connectivity index (χ2n) is 9.40. The fraction of sp³-hybridized carbons (Fsp3) is 0. The van der Waals surface area contributed by atoms with E-state index in [-0.39, 0.29) is 0 Å². The Balaban J connectivity index is 1.12. The van der Waals surface area contributed by atoms with Crippen LogP contribution in [0, 0.1) is 0 Å². The smallest absolute Gasteiger partial charge is 0.111 e. The quantitative estimate of drug-likeness (QED) is 0.229. The minimum absolute atomic E-state index is 0.848. The molecular weight excluding hydrogens is 492 g/mol. The normalized spacial score (nSPS) is 11.0. The molecular formula is C34H24N6. The highest BCUT2D eigenvalue weighted by molar-refractivity contribution is 5.72. The second kappa shape index (κ2) is 10.3. The van der Waals surface area contributed by atoms with Gasteiger partial charge in [0.15, 0.2) is 0 Å². The van der Waals surface area contributed by atoms with Crippen molar-refractivity contribution in [2.75, 3.05) is 0 Å². The van der Waals surface area contributed by atoms with E-state index in [4.69, 9.17) is 10.2 Å². The van der Waals surface area contributed by atoms with Crippen molar-refractivity contribution in [3.8, 4) is 56.4 Å². The van der Waals surface area contributed by atoms with E-state index in [1.165, 1.54) is 0 Å². The summed E-state index contributed by atoms with van der Waals surface area (Å²) in [7, 11) is 0. The molecule has 4 aromatic heterocycles. The lowest BCUT2D eigenvalue weighted by Crippen LogP contribution is -1.96. The summed E-state index contributed by atoms with van der Waals surface area (Å²) >= 11 is 0. The minimum Gasteiger partial charge on any atom is -0.255 e. The Morgan fingerprint density at radius 2 is 0.850 bits per heavy atom. The number of hydrogen-bond donors (Lipinski definition) is 0. The number of benzene rings is 3. The Bertz CT molecular complexity index is 1750. The van der Waals surface area contributed by atoms with Gasteiger partial charge in [-0.25, -0.2) is 9.36 Å². The summed E-state index contributed by atoms with van der Waals surface area (Å²) in [4.78, 5) is 8.81. The van der Waals surface area contributed by atoms with Crippen LogP contribution in [0.5, 0.6) is 0 Å². The maximum absolute atomic E-state index is 4.73. The van der Waals surface area contributed by atoms with E-state index < -0.39 is 0 Å². The molecule has 0 radical (unpaired) electrons. The molecule has 0 unspecified atom stereocenters. The number of aromatic nitrogens is 6. The average Bonchev–Trinajstić information content (AvgIpc) is 3.74. The highest BCUT2D eigenvalue weighted by atomic mass is 15.3. The maximum atomic E-state index is 4.73. The molecule has 0 aliphatic rings. The molecule has 0 aliphatic heterocycles. The van der Waals surface area contributed by atoms with E-state index in [0.29, 0.717) is 0 Å². The predicted octanol–water partition coefficient (Wildman–Crippen LogP) is 7.52. The third kappa shape index (κ3) is 4.70. The van der Waals surface area contributed by atoms with Crippen LogP contribution in [0.1, 0.15) is 0 Å². The lowest BCUT2D eigenvalue weighted by molar-refractivity contribution is 0.882. The summed E-state index contributed by atoms with van der Waals surface area (Å²) in [5, 5.41) is 9.47. The van der Waals surface area contributed by atoms with Crippen molar-refractivity contribution in [3.63, 3.8) is 0 Å². The summed E-state index contributed by atoms with van der Waals surface area (Å²) in [6.07, 6.45) is 7.51. The van der Waals surface area contributed by atoms with Gasteiger partial charge in [0.25, 0.3) is 0 Å². The fourth-order valence-electron chi connectivity index (χ4n) is 4.75. The Morgan fingerprint density at radius 1 is 0.375 bits per heavy atom. The Kier molecular flexibility index (Phi) is 6.03. The molecule has 6 nitrogen and oxygen atoms in total. The van der Waals surface area contributed by atoms with Crippen LogP contribution in [0.3, 0.4) is 0 Å². The van der Waals surface area contributed by atoms with Crippen LogP contribution in [-0.4, -0.2) is 29.5 Å². The zero-order valence-electron chi connectivity index (χ0n) is 21.5. The molecule has 0 saturated heterocycles. The van der Waals surface area contributed by atoms with Crippen molar-refractivity contribution in [2.45, 2.75) is 0 Å². The molecule has 190 valence electrons. The molecule has 0 aliphatic carbocycles. The zero-order valence-corrected chi connectivity index (χ0v) is 21.5. The van der Waals surface area contributed by atoms with Gasteiger partial charge in [0.2, 0.25) is 0 Å². The van der Waals surface area contributed by atoms with Gasteiger partial charge in [-0.1, -0.05) is 60.7 Å². The third-order valence-corrected chi connectivity index (χ3v) is 6.81. The molecule has 4 heterocycles. The van der Waals surface area contributed by atoms with Crippen LogP contribution in [0.4, 0.5) is 0 Å². The molecule has 0 fully saturated rings. The van der Waals surface area contributed by atoms with Crippen LogP contribution < -0.4 is 0 Å². The van der Waals surface area contributed by atoms with E-state index in [2.05, 4.69) is 82.8 Å². The number of nitrogens with zero attached hydrogens (tertiary/aromatic N) is 6. The molecule has 0 amide bonds. The lowest BCUT2D eigenvalue weighted by atomic mass is 10.00. The van der Waals surface area contributed by atoms with Crippen molar-refractivity contribution in [2.24, 2.45) is 0 Å².